The lowest BCUT2D eigenvalue weighted by Gasteiger charge is -2.34. The average Bonchev–Trinajstić information content (AvgIpc) is 3.54. The fourth-order valence-electron chi connectivity index (χ4n) is 5.95. The highest BCUT2D eigenvalue weighted by atomic mass is 16.1. The van der Waals surface area contributed by atoms with Gasteiger partial charge in [0.15, 0.2) is 0 Å². The van der Waals surface area contributed by atoms with E-state index in [-0.39, 0.29) is 5.91 Å². The highest BCUT2D eigenvalue weighted by molar-refractivity contribution is 6.07. The number of piperazine rings is 1. The van der Waals surface area contributed by atoms with Crippen molar-refractivity contribution in [2.24, 2.45) is 7.05 Å². The molecule has 3 aromatic heterocycles. The number of hydrogen-bond donors (Lipinski definition) is 2. The number of rotatable bonds is 6. The minimum atomic E-state index is -0.235. The number of pyridine rings is 1. The zero-order chi connectivity index (χ0) is 29.5. The normalized spacial score (nSPS) is 14.0. The maximum Gasteiger partial charge on any atom is 0.247 e. The van der Waals surface area contributed by atoms with E-state index in [0.29, 0.717) is 0 Å². The van der Waals surface area contributed by atoms with Crippen molar-refractivity contribution in [3.8, 4) is 33.5 Å². The number of carbonyl (C=O) groups is 1. The van der Waals surface area contributed by atoms with Gasteiger partial charge in [0.25, 0.3) is 0 Å². The molecule has 0 atom stereocenters. The molecule has 5 aromatic rings. The number of carbonyl (C=O) groups excluding carboxylic acids is 1. The minimum absolute atomic E-state index is 0.235. The number of hydrogen-bond acceptors (Lipinski definition) is 5. The quantitative estimate of drug-likeness (QED) is 0.246. The van der Waals surface area contributed by atoms with E-state index in [1.807, 2.05) is 50.1 Å². The highest BCUT2D eigenvalue weighted by Gasteiger charge is 2.22. The third-order valence-electron chi connectivity index (χ3n) is 8.38. The summed E-state index contributed by atoms with van der Waals surface area (Å²) >= 11 is 0. The standard InChI is InChI=1S/C34H37N7O/c1-7-30(42)36-29-18-25(9-8-21(29)2)32-31-22(3)27(28-20-40(6)38-23(28)4)19-35-34(31)37-33(32)24-10-12-26(13-11-24)41-16-14-39(5)15-17-41/h7-13,18-20H,1,14-17H2,2-6H3,(H,35,37)(H,36,42). The lowest BCUT2D eigenvalue weighted by atomic mass is 9.93. The maximum atomic E-state index is 12.2. The van der Waals surface area contributed by atoms with Crippen molar-refractivity contribution in [1.29, 1.82) is 0 Å². The van der Waals surface area contributed by atoms with Gasteiger partial charge in [0.2, 0.25) is 5.91 Å². The van der Waals surface area contributed by atoms with Crippen LogP contribution in [0, 0.1) is 20.8 Å². The van der Waals surface area contributed by atoms with Crippen molar-refractivity contribution >= 4 is 28.3 Å². The number of amides is 1. The van der Waals surface area contributed by atoms with E-state index in [0.717, 1.165) is 93.2 Å². The number of aryl methyl sites for hydroxylation is 4. The smallest absolute Gasteiger partial charge is 0.247 e. The topological polar surface area (TPSA) is 82.1 Å². The van der Waals surface area contributed by atoms with Gasteiger partial charge < -0.3 is 20.1 Å². The predicted molar refractivity (Wildman–Crippen MR) is 172 cm³/mol. The summed E-state index contributed by atoms with van der Waals surface area (Å²) in [6, 6.07) is 15.0. The minimum Gasteiger partial charge on any atom is -0.369 e. The Labute approximate surface area is 246 Å². The van der Waals surface area contributed by atoms with Crippen molar-refractivity contribution in [3.05, 3.63) is 84.3 Å². The molecule has 8 heteroatoms. The lowest BCUT2D eigenvalue weighted by Crippen LogP contribution is -2.44. The molecule has 1 saturated heterocycles. The molecule has 1 amide bonds. The Morgan fingerprint density at radius 3 is 2.36 bits per heavy atom. The first-order valence-electron chi connectivity index (χ1n) is 14.3. The molecular formula is C34H37N7O. The Balaban J connectivity index is 1.53. The second kappa shape index (κ2) is 10.9. The average molecular weight is 560 g/mol. The Kier molecular flexibility index (Phi) is 7.16. The van der Waals surface area contributed by atoms with Crippen molar-refractivity contribution in [2.75, 3.05) is 43.4 Å². The van der Waals surface area contributed by atoms with Crippen LogP contribution in [0.5, 0.6) is 0 Å². The number of anilines is 2. The van der Waals surface area contributed by atoms with E-state index in [1.165, 1.54) is 11.8 Å². The number of nitrogens with zero attached hydrogens (tertiary/aromatic N) is 5. The third kappa shape index (κ3) is 4.99. The Morgan fingerprint density at radius 2 is 1.69 bits per heavy atom. The van der Waals surface area contributed by atoms with Gasteiger partial charge in [-0.25, -0.2) is 4.98 Å². The van der Waals surface area contributed by atoms with E-state index < -0.39 is 0 Å². The van der Waals surface area contributed by atoms with Gasteiger partial charge in [-0.2, -0.15) is 5.10 Å². The summed E-state index contributed by atoms with van der Waals surface area (Å²) in [5, 5.41) is 8.61. The monoisotopic (exact) mass is 559 g/mol. The molecule has 2 N–H and O–H groups in total. The van der Waals surface area contributed by atoms with Gasteiger partial charge in [-0.1, -0.05) is 30.8 Å². The van der Waals surface area contributed by atoms with Crippen LogP contribution in [-0.2, 0) is 11.8 Å². The van der Waals surface area contributed by atoms with Crippen LogP contribution in [0.1, 0.15) is 16.8 Å². The molecule has 42 heavy (non-hydrogen) atoms. The Bertz CT molecular complexity index is 1800. The first kappa shape index (κ1) is 27.5. The molecule has 0 aliphatic carbocycles. The van der Waals surface area contributed by atoms with Crippen molar-refractivity contribution in [3.63, 3.8) is 0 Å². The molecule has 1 aliphatic rings. The van der Waals surface area contributed by atoms with Gasteiger partial charge in [-0.05, 0) is 74.3 Å². The fourth-order valence-corrected chi connectivity index (χ4v) is 5.95. The van der Waals surface area contributed by atoms with Gasteiger partial charge in [0.05, 0.1) is 11.4 Å². The molecule has 6 rings (SSSR count). The van der Waals surface area contributed by atoms with Gasteiger partial charge in [0, 0.05) is 79.1 Å². The van der Waals surface area contributed by atoms with Crippen LogP contribution in [0.25, 0.3) is 44.5 Å². The Morgan fingerprint density at radius 1 is 0.976 bits per heavy atom. The van der Waals surface area contributed by atoms with Crippen molar-refractivity contribution in [2.45, 2.75) is 20.8 Å². The highest BCUT2D eigenvalue weighted by Crippen LogP contribution is 2.43. The van der Waals surface area contributed by atoms with Crippen LogP contribution >= 0.6 is 0 Å². The zero-order valence-electron chi connectivity index (χ0n) is 25.0. The van der Waals surface area contributed by atoms with Gasteiger partial charge in [-0.3, -0.25) is 9.48 Å². The molecule has 8 nitrogen and oxygen atoms in total. The number of nitrogens with one attached hydrogen (secondary N) is 2. The van der Waals surface area contributed by atoms with E-state index >= 15 is 0 Å². The fraction of sp³-hybridized carbons (Fsp3) is 0.265. The maximum absolute atomic E-state index is 12.2. The van der Waals surface area contributed by atoms with Crippen LogP contribution in [0.4, 0.5) is 11.4 Å². The molecule has 1 fully saturated rings. The zero-order valence-corrected chi connectivity index (χ0v) is 25.0. The SMILES string of the molecule is C=CC(=O)Nc1cc(-c2c(-c3ccc(N4CCN(C)CC4)cc3)[nH]c3ncc(-c4cn(C)nc4C)c(C)c23)ccc1C. The van der Waals surface area contributed by atoms with Gasteiger partial charge >= 0.3 is 0 Å². The second-order valence-corrected chi connectivity index (χ2v) is 11.3. The molecule has 0 bridgehead atoms. The first-order valence-corrected chi connectivity index (χ1v) is 14.3. The van der Waals surface area contributed by atoms with E-state index in [9.17, 15) is 4.79 Å². The van der Waals surface area contributed by atoms with E-state index in [4.69, 9.17) is 4.98 Å². The molecule has 1 aliphatic heterocycles. The molecular weight excluding hydrogens is 522 g/mol. The Hall–Kier alpha value is -4.69. The molecule has 0 spiro atoms. The summed E-state index contributed by atoms with van der Waals surface area (Å²) in [5.74, 6) is -0.235. The number of H-pyrrole nitrogens is 1. The summed E-state index contributed by atoms with van der Waals surface area (Å²) in [6.45, 7) is 14.0. The summed E-state index contributed by atoms with van der Waals surface area (Å²) in [5.41, 5.74) is 12.1. The summed E-state index contributed by atoms with van der Waals surface area (Å²) in [6.07, 6.45) is 5.28. The largest absolute Gasteiger partial charge is 0.369 e. The van der Waals surface area contributed by atoms with Crippen molar-refractivity contribution in [1.82, 2.24) is 24.6 Å². The molecule has 0 saturated carbocycles. The third-order valence-corrected chi connectivity index (χ3v) is 8.38. The van der Waals surface area contributed by atoms with E-state index in [1.54, 1.807) is 0 Å². The van der Waals surface area contributed by atoms with Crippen LogP contribution < -0.4 is 10.2 Å². The van der Waals surface area contributed by atoms with E-state index in [2.05, 4.69) is 76.1 Å². The van der Waals surface area contributed by atoms with Crippen LogP contribution in [0.2, 0.25) is 0 Å². The number of aromatic amines is 1. The number of benzene rings is 2. The first-order chi connectivity index (χ1) is 20.2. The van der Waals surface area contributed by atoms with Gasteiger partial charge in [0.1, 0.15) is 5.65 Å². The lowest BCUT2D eigenvalue weighted by molar-refractivity contribution is -0.111. The van der Waals surface area contributed by atoms with Crippen LogP contribution in [0.3, 0.4) is 0 Å². The molecule has 0 unspecified atom stereocenters. The second-order valence-electron chi connectivity index (χ2n) is 11.3. The summed E-state index contributed by atoms with van der Waals surface area (Å²) in [7, 11) is 4.11. The number of aromatic nitrogens is 4. The van der Waals surface area contributed by atoms with Gasteiger partial charge in [-0.15, -0.1) is 0 Å². The molecule has 214 valence electrons. The van der Waals surface area contributed by atoms with Crippen molar-refractivity contribution < 1.29 is 4.79 Å². The summed E-state index contributed by atoms with van der Waals surface area (Å²) < 4.78 is 1.84. The number of fused-ring (bicyclic) bond motifs is 1. The molecule has 4 heterocycles. The van der Waals surface area contributed by atoms with Crippen LogP contribution in [-0.4, -0.2) is 63.8 Å². The molecule has 2 aromatic carbocycles. The van der Waals surface area contributed by atoms with Crippen LogP contribution in [0.15, 0.2) is 67.5 Å². The predicted octanol–water partition coefficient (Wildman–Crippen LogP) is 6.10. The number of likely N-dealkylation sites (N-methyl/N-ethyl adjacent to an activating group) is 1. The molecule has 0 radical (unpaired) electrons. The summed E-state index contributed by atoms with van der Waals surface area (Å²) in [4.78, 5) is 25.6.